The zero-order chi connectivity index (χ0) is 21.3. The van der Waals surface area contributed by atoms with Gasteiger partial charge in [0.2, 0.25) is 5.91 Å². The number of hydrogen-bond donors (Lipinski definition) is 1. The van der Waals surface area contributed by atoms with Gasteiger partial charge in [0, 0.05) is 30.6 Å². The number of benzene rings is 1. The Hall–Kier alpha value is -2.88. The van der Waals surface area contributed by atoms with Crippen molar-refractivity contribution < 1.29 is 18.0 Å². The molecule has 1 amide bonds. The molecular weight excluding hydrogens is 421 g/mol. The van der Waals surface area contributed by atoms with Crippen LogP contribution >= 0.6 is 11.6 Å². The van der Waals surface area contributed by atoms with E-state index in [-0.39, 0.29) is 17.5 Å². The fourth-order valence-corrected chi connectivity index (χ4v) is 3.56. The Kier molecular flexibility index (Phi) is 5.50. The number of halogens is 4. The lowest BCUT2D eigenvalue weighted by atomic mass is 9.96. The van der Waals surface area contributed by atoms with E-state index in [1.54, 1.807) is 18.2 Å². The highest BCUT2D eigenvalue weighted by Gasteiger charge is 2.38. The summed E-state index contributed by atoms with van der Waals surface area (Å²) >= 11 is 5.86. The van der Waals surface area contributed by atoms with Crippen LogP contribution in [0.2, 0.25) is 5.02 Å². The van der Waals surface area contributed by atoms with Crippen molar-refractivity contribution in [3.63, 3.8) is 0 Å². The highest BCUT2D eigenvalue weighted by molar-refractivity contribution is 6.30. The van der Waals surface area contributed by atoms with Crippen LogP contribution in [0.4, 0.5) is 19.0 Å². The van der Waals surface area contributed by atoms with Crippen molar-refractivity contribution in [2.24, 2.45) is 5.92 Å². The minimum atomic E-state index is -4.64. The first kappa shape index (κ1) is 20.4. The Morgan fingerprint density at radius 1 is 1.10 bits per heavy atom. The largest absolute Gasteiger partial charge is 0.453 e. The molecule has 0 bridgehead atoms. The normalized spacial score (nSPS) is 15.5. The lowest BCUT2D eigenvalue weighted by Crippen LogP contribution is -2.40. The van der Waals surface area contributed by atoms with E-state index < -0.39 is 12.0 Å². The van der Waals surface area contributed by atoms with Crippen LogP contribution in [0.25, 0.3) is 5.65 Å². The quantitative estimate of drug-likeness (QED) is 0.676. The van der Waals surface area contributed by atoms with Crippen LogP contribution in [0.1, 0.15) is 24.2 Å². The maximum absolute atomic E-state index is 13.1. The van der Waals surface area contributed by atoms with E-state index in [2.05, 4.69) is 20.6 Å². The van der Waals surface area contributed by atoms with Crippen molar-refractivity contribution >= 4 is 29.0 Å². The number of carbonyl (C=O) groups excluding carboxylic acids is 1. The third kappa shape index (κ3) is 4.33. The molecule has 0 spiro atoms. The van der Waals surface area contributed by atoms with Gasteiger partial charge in [-0.15, -0.1) is 15.3 Å². The molecule has 11 heteroatoms. The van der Waals surface area contributed by atoms with Gasteiger partial charge in [-0.25, -0.2) is 0 Å². The van der Waals surface area contributed by atoms with Crippen molar-refractivity contribution in [1.29, 1.82) is 0 Å². The van der Waals surface area contributed by atoms with Crippen LogP contribution in [-0.4, -0.2) is 38.8 Å². The van der Waals surface area contributed by atoms with Gasteiger partial charge in [-0.05, 0) is 42.7 Å². The Morgan fingerprint density at radius 3 is 2.47 bits per heavy atom. The molecule has 0 aliphatic carbocycles. The first-order valence-electron chi connectivity index (χ1n) is 9.38. The molecule has 7 nitrogen and oxygen atoms in total. The Morgan fingerprint density at radius 2 is 1.80 bits per heavy atom. The third-order valence-corrected chi connectivity index (χ3v) is 5.32. The number of nitrogens with zero attached hydrogens (tertiary/aromatic N) is 5. The molecule has 0 unspecified atom stereocenters. The van der Waals surface area contributed by atoms with Crippen LogP contribution < -0.4 is 10.2 Å². The van der Waals surface area contributed by atoms with Crippen LogP contribution in [0.15, 0.2) is 36.4 Å². The van der Waals surface area contributed by atoms with Gasteiger partial charge in [0.15, 0.2) is 5.65 Å². The number of alkyl halides is 3. The van der Waals surface area contributed by atoms with Gasteiger partial charge >= 0.3 is 6.18 Å². The molecule has 1 saturated heterocycles. The smallest absolute Gasteiger partial charge is 0.355 e. The van der Waals surface area contributed by atoms with Crippen LogP contribution in [0.3, 0.4) is 0 Å². The summed E-state index contributed by atoms with van der Waals surface area (Å²) in [6.45, 7) is 1.45. The summed E-state index contributed by atoms with van der Waals surface area (Å²) in [5, 5.41) is 14.3. The van der Waals surface area contributed by atoms with Gasteiger partial charge in [-0.3, -0.25) is 4.79 Å². The number of amides is 1. The van der Waals surface area contributed by atoms with Crippen molar-refractivity contribution in [3.8, 4) is 0 Å². The predicted molar refractivity (Wildman–Crippen MR) is 104 cm³/mol. The summed E-state index contributed by atoms with van der Waals surface area (Å²) in [4.78, 5) is 14.3. The molecule has 1 fully saturated rings. The minimum absolute atomic E-state index is 0.0301. The van der Waals surface area contributed by atoms with E-state index >= 15 is 0 Å². The number of fused-ring (bicyclic) bond motifs is 1. The summed E-state index contributed by atoms with van der Waals surface area (Å²) in [6, 6.07) is 10.3. The zero-order valence-corrected chi connectivity index (χ0v) is 16.5. The highest BCUT2D eigenvalue weighted by atomic mass is 35.5. The number of rotatable bonds is 4. The molecule has 1 aliphatic rings. The van der Waals surface area contributed by atoms with Crippen molar-refractivity contribution in [2.75, 3.05) is 18.0 Å². The molecule has 3 heterocycles. The summed E-state index contributed by atoms with van der Waals surface area (Å²) < 4.78 is 39.9. The number of aromatic nitrogens is 4. The fraction of sp³-hybridized carbons (Fsp3) is 0.368. The van der Waals surface area contributed by atoms with Crippen LogP contribution in [-0.2, 0) is 17.5 Å². The van der Waals surface area contributed by atoms with E-state index in [1.807, 2.05) is 17.0 Å². The third-order valence-electron chi connectivity index (χ3n) is 5.07. The molecule has 1 aliphatic heterocycles. The van der Waals surface area contributed by atoms with Crippen molar-refractivity contribution in [1.82, 2.24) is 25.1 Å². The van der Waals surface area contributed by atoms with Gasteiger partial charge in [0.1, 0.15) is 5.82 Å². The average Bonchev–Trinajstić information content (AvgIpc) is 3.17. The second-order valence-electron chi connectivity index (χ2n) is 7.09. The monoisotopic (exact) mass is 438 g/mol. The molecule has 1 N–H and O–H groups in total. The predicted octanol–water partition coefficient (Wildman–Crippen LogP) is 3.33. The first-order valence-corrected chi connectivity index (χ1v) is 9.76. The standard InChI is InChI=1S/C19H18ClF3N6O/c20-14-3-1-12(2-4-14)11-24-17(30)13-7-9-28(10-8-13)16-6-5-15-25-26-18(19(21,22)23)29(15)27-16/h1-6,13H,7-11H2,(H,24,30). The average molecular weight is 439 g/mol. The second-order valence-corrected chi connectivity index (χ2v) is 7.52. The first-order chi connectivity index (χ1) is 14.3. The van der Waals surface area contributed by atoms with E-state index in [0.29, 0.717) is 47.8 Å². The molecule has 4 rings (SSSR count). The molecule has 30 heavy (non-hydrogen) atoms. The molecular formula is C19H18ClF3N6O. The van der Waals surface area contributed by atoms with E-state index in [4.69, 9.17) is 11.6 Å². The molecule has 0 radical (unpaired) electrons. The van der Waals surface area contributed by atoms with Gasteiger partial charge in [-0.2, -0.15) is 17.7 Å². The molecule has 0 saturated carbocycles. The summed E-state index contributed by atoms with van der Waals surface area (Å²) in [6.07, 6.45) is -3.47. The summed E-state index contributed by atoms with van der Waals surface area (Å²) in [7, 11) is 0. The van der Waals surface area contributed by atoms with Gasteiger partial charge in [0.25, 0.3) is 5.82 Å². The van der Waals surface area contributed by atoms with Gasteiger partial charge < -0.3 is 10.2 Å². The van der Waals surface area contributed by atoms with E-state index in [1.165, 1.54) is 6.07 Å². The molecule has 158 valence electrons. The van der Waals surface area contributed by atoms with E-state index in [9.17, 15) is 18.0 Å². The molecule has 0 atom stereocenters. The number of anilines is 1. The lowest BCUT2D eigenvalue weighted by molar-refractivity contribution is -0.146. The van der Waals surface area contributed by atoms with E-state index in [0.717, 1.165) is 5.56 Å². The number of piperidine rings is 1. The molecule has 3 aromatic rings. The molecule has 2 aromatic heterocycles. The SMILES string of the molecule is O=C(NCc1ccc(Cl)cc1)C1CCN(c2ccc3nnc(C(F)(F)F)n3n2)CC1. The summed E-state index contributed by atoms with van der Waals surface area (Å²) in [5.74, 6) is -0.951. The minimum Gasteiger partial charge on any atom is -0.355 e. The maximum Gasteiger partial charge on any atom is 0.453 e. The number of nitrogens with one attached hydrogen (secondary N) is 1. The van der Waals surface area contributed by atoms with Crippen molar-refractivity contribution in [2.45, 2.75) is 25.6 Å². The topological polar surface area (TPSA) is 75.4 Å². The number of carbonyl (C=O) groups is 1. The zero-order valence-electron chi connectivity index (χ0n) is 15.7. The number of hydrogen-bond acceptors (Lipinski definition) is 5. The Labute approximate surface area is 174 Å². The fourth-order valence-electron chi connectivity index (χ4n) is 3.43. The van der Waals surface area contributed by atoms with Crippen LogP contribution in [0, 0.1) is 5.92 Å². The summed E-state index contributed by atoms with van der Waals surface area (Å²) in [5.41, 5.74) is 0.986. The van der Waals surface area contributed by atoms with Gasteiger partial charge in [-0.1, -0.05) is 23.7 Å². The second kappa shape index (κ2) is 8.10. The Balaban J connectivity index is 1.37. The Bertz CT molecular complexity index is 1040. The van der Waals surface area contributed by atoms with Crippen LogP contribution in [0.5, 0.6) is 0 Å². The highest BCUT2D eigenvalue weighted by Crippen LogP contribution is 2.28. The van der Waals surface area contributed by atoms with Crippen molar-refractivity contribution in [3.05, 3.63) is 52.8 Å². The lowest BCUT2D eigenvalue weighted by Gasteiger charge is -2.32. The maximum atomic E-state index is 13.1. The molecule has 1 aromatic carbocycles. The van der Waals surface area contributed by atoms with Gasteiger partial charge in [0.05, 0.1) is 0 Å².